The molecule has 0 bridgehead atoms. The van der Waals surface area contributed by atoms with Gasteiger partial charge in [-0.2, -0.15) is 0 Å². The number of alkyl halides is 1. The Morgan fingerprint density at radius 2 is 1.89 bits per heavy atom. The van der Waals surface area contributed by atoms with Gasteiger partial charge in [-0.25, -0.2) is 0 Å². The van der Waals surface area contributed by atoms with Crippen molar-refractivity contribution in [1.29, 1.82) is 0 Å². The van der Waals surface area contributed by atoms with Crippen LogP contribution in [0.5, 0.6) is 11.5 Å². The van der Waals surface area contributed by atoms with Crippen molar-refractivity contribution in [2.45, 2.75) is 18.0 Å². The van der Waals surface area contributed by atoms with Crippen LogP contribution in [0.25, 0.3) is 0 Å². The Labute approximate surface area is 179 Å². The number of carbonyl (C=O) groups is 1. The zero-order valence-electron chi connectivity index (χ0n) is 14.1. The number of aromatic hydroxyl groups is 1. The number of phenols is 1. The number of phenolic OH excluding ortho intramolecular Hbond substituents is 1. The normalized spacial score (nSPS) is 18.8. The van der Waals surface area contributed by atoms with Crippen molar-refractivity contribution in [1.82, 2.24) is 10.2 Å². The van der Waals surface area contributed by atoms with Crippen LogP contribution in [0.3, 0.4) is 0 Å². The SMILES string of the molecule is O=C1C(Cl)C(c2ccc(O)cc2)N1c1nnc(COc2ccc(Cl)cc2Cl)s1. The number of β-lactam (4-membered cyclic amide) rings is 1. The third-order valence-electron chi connectivity index (χ3n) is 4.17. The molecule has 1 aliphatic heterocycles. The Morgan fingerprint density at radius 3 is 2.61 bits per heavy atom. The molecule has 1 aliphatic rings. The fourth-order valence-electron chi connectivity index (χ4n) is 2.79. The number of hydrogen-bond donors (Lipinski definition) is 1. The summed E-state index contributed by atoms with van der Waals surface area (Å²) in [6, 6.07) is 11.1. The Balaban J connectivity index is 1.49. The molecule has 10 heteroatoms. The van der Waals surface area contributed by atoms with Crippen LogP contribution < -0.4 is 9.64 Å². The first-order valence-electron chi connectivity index (χ1n) is 8.10. The Hall–Kier alpha value is -2.06. The van der Waals surface area contributed by atoms with E-state index in [1.807, 2.05) is 0 Å². The van der Waals surface area contributed by atoms with E-state index in [4.69, 9.17) is 39.5 Å². The van der Waals surface area contributed by atoms with Gasteiger partial charge in [0, 0.05) is 5.02 Å². The average Bonchev–Trinajstić information content (AvgIpc) is 3.13. The molecule has 0 spiro atoms. The molecule has 2 aromatic carbocycles. The molecule has 0 radical (unpaired) electrons. The lowest BCUT2D eigenvalue weighted by molar-refractivity contribution is -0.123. The number of rotatable bonds is 5. The van der Waals surface area contributed by atoms with Crippen LogP contribution >= 0.6 is 46.1 Å². The molecule has 1 amide bonds. The Kier molecular flexibility index (Phi) is 5.33. The molecule has 144 valence electrons. The van der Waals surface area contributed by atoms with Gasteiger partial charge in [0.15, 0.2) is 5.01 Å². The highest BCUT2D eigenvalue weighted by Crippen LogP contribution is 2.43. The first-order chi connectivity index (χ1) is 13.4. The van der Waals surface area contributed by atoms with Crippen LogP contribution in [0.2, 0.25) is 10.0 Å². The molecule has 6 nitrogen and oxygen atoms in total. The summed E-state index contributed by atoms with van der Waals surface area (Å²) in [5, 5.41) is 18.9. The van der Waals surface area contributed by atoms with Crippen molar-refractivity contribution in [3.05, 3.63) is 63.1 Å². The summed E-state index contributed by atoms with van der Waals surface area (Å²) >= 11 is 19.4. The number of ether oxygens (including phenoxy) is 1. The maximum atomic E-state index is 12.3. The molecule has 0 aliphatic carbocycles. The minimum Gasteiger partial charge on any atom is -0.508 e. The molecule has 3 aromatic rings. The molecule has 1 fully saturated rings. The molecule has 0 saturated carbocycles. The fourth-order valence-corrected chi connectivity index (χ4v) is 4.41. The van der Waals surface area contributed by atoms with Crippen LogP contribution in [0, 0.1) is 0 Å². The van der Waals surface area contributed by atoms with Gasteiger partial charge in [-0.1, -0.05) is 46.7 Å². The van der Waals surface area contributed by atoms with Gasteiger partial charge in [0.25, 0.3) is 0 Å². The van der Waals surface area contributed by atoms with Gasteiger partial charge >= 0.3 is 0 Å². The van der Waals surface area contributed by atoms with Gasteiger partial charge in [-0.15, -0.1) is 21.8 Å². The van der Waals surface area contributed by atoms with E-state index in [1.165, 1.54) is 16.2 Å². The van der Waals surface area contributed by atoms with Crippen molar-refractivity contribution >= 4 is 57.2 Å². The highest BCUT2D eigenvalue weighted by Gasteiger charge is 2.49. The lowest BCUT2D eigenvalue weighted by Gasteiger charge is -2.42. The Morgan fingerprint density at radius 1 is 1.14 bits per heavy atom. The monoisotopic (exact) mass is 455 g/mol. The summed E-state index contributed by atoms with van der Waals surface area (Å²) in [6.45, 7) is 0.148. The van der Waals surface area contributed by atoms with Crippen LogP contribution in [0.1, 0.15) is 16.6 Å². The number of nitrogens with zero attached hydrogens (tertiary/aromatic N) is 3. The molecule has 4 rings (SSSR count). The third-order valence-corrected chi connectivity index (χ3v) is 6.02. The standard InChI is InChI=1S/C18H12Cl3N3O3S/c19-10-3-6-13(12(20)7-10)27-8-14-22-23-18(28-14)24-16(15(21)17(24)26)9-1-4-11(25)5-2-9/h1-7,15-16,25H,8H2. The van der Waals surface area contributed by atoms with Crippen LogP contribution in [0.4, 0.5) is 5.13 Å². The van der Waals surface area contributed by atoms with Gasteiger partial charge < -0.3 is 9.84 Å². The number of carbonyl (C=O) groups excluding carboxylic acids is 1. The van der Waals surface area contributed by atoms with E-state index in [0.29, 0.717) is 25.9 Å². The average molecular weight is 457 g/mol. The maximum absolute atomic E-state index is 12.3. The lowest BCUT2D eigenvalue weighted by atomic mass is 9.94. The first-order valence-corrected chi connectivity index (χ1v) is 10.1. The summed E-state index contributed by atoms with van der Waals surface area (Å²) in [5.41, 5.74) is 0.804. The maximum Gasteiger partial charge on any atom is 0.250 e. The summed E-state index contributed by atoms with van der Waals surface area (Å²) in [7, 11) is 0. The van der Waals surface area contributed by atoms with Crippen molar-refractivity contribution < 1.29 is 14.6 Å². The number of hydrogen-bond acceptors (Lipinski definition) is 6. The summed E-state index contributed by atoms with van der Waals surface area (Å²) < 4.78 is 5.66. The predicted molar refractivity (Wildman–Crippen MR) is 109 cm³/mol. The van der Waals surface area contributed by atoms with Gasteiger partial charge in [0.2, 0.25) is 11.0 Å². The molecule has 1 saturated heterocycles. The molecular weight excluding hydrogens is 445 g/mol. The fraction of sp³-hybridized carbons (Fsp3) is 0.167. The van der Waals surface area contributed by atoms with Gasteiger partial charge in [0.1, 0.15) is 23.5 Å². The Bertz CT molecular complexity index is 1030. The highest BCUT2D eigenvalue weighted by atomic mass is 35.5. The van der Waals surface area contributed by atoms with E-state index in [-0.39, 0.29) is 24.3 Å². The topological polar surface area (TPSA) is 75.5 Å². The van der Waals surface area contributed by atoms with Crippen molar-refractivity contribution in [2.24, 2.45) is 0 Å². The van der Waals surface area contributed by atoms with Gasteiger partial charge in [-0.3, -0.25) is 9.69 Å². The molecule has 1 N–H and O–H groups in total. The van der Waals surface area contributed by atoms with E-state index in [0.717, 1.165) is 5.56 Å². The zero-order chi connectivity index (χ0) is 19.8. The van der Waals surface area contributed by atoms with Gasteiger partial charge in [-0.05, 0) is 35.9 Å². The van der Waals surface area contributed by atoms with Crippen LogP contribution in [-0.2, 0) is 11.4 Å². The summed E-state index contributed by atoms with van der Waals surface area (Å²) in [4.78, 5) is 13.8. The highest BCUT2D eigenvalue weighted by molar-refractivity contribution is 7.15. The van der Waals surface area contributed by atoms with E-state index in [1.54, 1.807) is 42.5 Å². The number of halogens is 3. The summed E-state index contributed by atoms with van der Waals surface area (Å²) in [6.07, 6.45) is 0. The lowest BCUT2D eigenvalue weighted by Crippen LogP contribution is -2.56. The number of aromatic nitrogens is 2. The second-order valence-electron chi connectivity index (χ2n) is 5.99. The number of anilines is 1. The van der Waals surface area contributed by atoms with E-state index < -0.39 is 5.38 Å². The van der Waals surface area contributed by atoms with Crippen LogP contribution in [0.15, 0.2) is 42.5 Å². The molecule has 28 heavy (non-hydrogen) atoms. The zero-order valence-corrected chi connectivity index (χ0v) is 17.1. The molecular formula is C18H12Cl3N3O3S. The van der Waals surface area contributed by atoms with Gasteiger partial charge in [0.05, 0.1) is 11.1 Å². The predicted octanol–water partition coefficient (Wildman–Crippen LogP) is 4.82. The third kappa shape index (κ3) is 3.63. The van der Waals surface area contributed by atoms with E-state index in [2.05, 4.69) is 10.2 Å². The van der Waals surface area contributed by atoms with Crippen molar-refractivity contribution in [3.8, 4) is 11.5 Å². The van der Waals surface area contributed by atoms with Crippen molar-refractivity contribution in [2.75, 3.05) is 4.90 Å². The first kappa shape index (κ1) is 19.3. The van der Waals surface area contributed by atoms with Crippen molar-refractivity contribution in [3.63, 3.8) is 0 Å². The second kappa shape index (κ2) is 7.75. The quantitative estimate of drug-likeness (QED) is 0.440. The van der Waals surface area contributed by atoms with E-state index >= 15 is 0 Å². The van der Waals surface area contributed by atoms with Crippen LogP contribution in [-0.4, -0.2) is 26.6 Å². The largest absolute Gasteiger partial charge is 0.508 e. The molecule has 2 unspecified atom stereocenters. The number of amides is 1. The molecule has 2 heterocycles. The summed E-state index contributed by atoms with van der Waals surface area (Å²) in [5.74, 6) is 0.373. The minimum atomic E-state index is -0.694. The number of benzene rings is 2. The molecule has 2 atom stereocenters. The van der Waals surface area contributed by atoms with E-state index in [9.17, 15) is 9.90 Å². The second-order valence-corrected chi connectivity index (χ2v) is 8.34. The minimum absolute atomic E-state index is 0.142. The smallest absolute Gasteiger partial charge is 0.250 e. The molecule has 1 aromatic heterocycles.